The van der Waals surface area contributed by atoms with E-state index < -0.39 is 0 Å². The minimum atomic E-state index is -0.211. The lowest BCUT2D eigenvalue weighted by Gasteiger charge is -1.96. The molecule has 0 amide bonds. The summed E-state index contributed by atoms with van der Waals surface area (Å²) < 4.78 is 13.3. The van der Waals surface area contributed by atoms with Gasteiger partial charge >= 0.3 is 5.97 Å². The van der Waals surface area contributed by atoms with Crippen LogP contribution < -0.4 is 11.5 Å². The number of carbonyl (C=O) groups is 1. The topological polar surface area (TPSA) is 96.8 Å². The molecule has 0 saturated carbocycles. The number of halogens is 1. The van der Waals surface area contributed by atoms with E-state index in [1.807, 2.05) is 6.92 Å². The zero-order chi connectivity index (χ0) is 15.0. The van der Waals surface area contributed by atoms with Crippen LogP contribution in [0.15, 0.2) is 0 Å². The minimum absolute atomic E-state index is 0.0746. The molecule has 6 nitrogen and oxygen atoms in total. The van der Waals surface area contributed by atoms with Crippen molar-refractivity contribution in [1.29, 1.82) is 0 Å². The highest BCUT2D eigenvalue weighted by atomic mass is 127. The van der Waals surface area contributed by atoms with Crippen molar-refractivity contribution in [3.8, 4) is 0 Å². The van der Waals surface area contributed by atoms with Crippen molar-refractivity contribution in [2.45, 2.75) is 27.2 Å². The van der Waals surface area contributed by atoms with Crippen molar-refractivity contribution >= 4 is 63.8 Å². The maximum absolute atomic E-state index is 9.82. The molecule has 0 aromatic carbocycles. The smallest absolute Gasteiger partial charge is 0.302 e. The van der Waals surface area contributed by atoms with Gasteiger partial charge < -0.3 is 24.0 Å². The first kappa shape index (κ1) is 22.7. The van der Waals surface area contributed by atoms with Gasteiger partial charge in [0.25, 0.3) is 10.3 Å². The van der Waals surface area contributed by atoms with Crippen LogP contribution >= 0.6 is 47.4 Å². The predicted octanol–water partition coefficient (Wildman–Crippen LogP) is 1.82. The van der Waals surface area contributed by atoms with Crippen molar-refractivity contribution in [2.24, 2.45) is 11.5 Å². The fourth-order valence-electron chi connectivity index (χ4n) is 0.406. The minimum Gasteiger partial charge on any atom is -0.471 e. The summed E-state index contributed by atoms with van der Waals surface area (Å²) in [5.74, 6) is -0.211. The number of hydrogen-bond donors (Lipinski definition) is 2. The second-order valence-corrected chi connectivity index (χ2v) is 3.73. The fourth-order valence-corrected chi connectivity index (χ4v) is 0.489. The Labute approximate surface area is 132 Å². The second-order valence-electron chi connectivity index (χ2n) is 2.49. The van der Waals surface area contributed by atoms with E-state index in [0.29, 0.717) is 13.2 Å². The van der Waals surface area contributed by atoms with Gasteiger partial charge in [0.1, 0.15) is 0 Å². The molecule has 0 bridgehead atoms. The summed E-state index contributed by atoms with van der Waals surface area (Å²) in [6, 6.07) is 0. The summed E-state index contributed by atoms with van der Waals surface area (Å²) in [7, 11) is 0. The normalized spacial score (nSPS) is 7.56. The van der Waals surface area contributed by atoms with Gasteiger partial charge in [-0.15, -0.1) is 0 Å². The van der Waals surface area contributed by atoms with Crippen molar-refractivity contribution in [1.82, 2.24) is 0 Å². The van der Waals surface area contributed by atoms with Gasteiger partial charge in [-0.05, 0) is 37.8 Å². The first-order valence-electron chi connectivity index (χ1n) is 4.95. The van der Waals surface area contributed by atoms with E-state index in [2.05, 4.69) is 32.2 Å². The molecule has 0 spiro atoms. The number of esters is 1. The molecule has 9 heteroatoms. The number of ether oxygens (including phenoxy) is 2. The molecular formula is C9H19IN2O4S2. The van der Waals surface area contributed by atoms with Crippen molar-refractivity contribution in [2.75, 3.05) is 13.2 Å². The summed E-state index contributed by atoms with van der Waals surface area (Å²) in [4.78, 5) is 9.82. The summed E-state index contributed by atoms with van der Waals surface area (Å²) in [6.45, 7) is 6.29. The number of rotatable bonds is 3. The standard InChI is InChI=1S/C4H9NOS.C4H8O2.CH2INOS/c1-2-3-6-4(5)7;1-3-6-4(2)5;2-4-1(3)5/h2-3H2,1H3,(H2,5,7);3H2,1-2H3;(H2,3,5). The lowest BCUT2D eigenvalue weighted by atomic mass is 10.5. The lowest BCUT2D eigenvalue weighted by Crippen LogP contribution is -2.12. The lowest BCUT2D eigenvalue weighted by molar-refractivity contribution is -0.140. The second kappa shape index (κ2) is 18.9. The van der Waals surface area contributed by atoms with Crippen LogP contribution in [0, 0.1) is 0 Å². The molecule has 0 radical (unpaired) electrons. The molecule has 0 saturated heterocycles. The average Bonchev–Trinajstić information content (AvgIpc) is 2.27. The molecule has 108 valence electrons. The highest BCUT2D eigenvalue weighted by Gasteiger charge is 1.82. The Hall–Kier alpha value is -0.420. The van der Waals surface area contributed by atoms with Crippen LogP contribution in [-0.2, 0) is 17.3 Å². The molecule has 0 unspecified atom stereocenters. The third kappa shape index (κ3) is 45.0. The van der Waals surface area contributed by atoms with Crippen LogP contribution in [0.4, 0.5) is 0 Å². The molecule has 0 fully saturated rings. The van der Waals surface area contributed by atoms with Gasteiger partial charge in [-0.2, -0.15) is 0 Å². The number of thiocarbonyl (C=S) groups is 2. The van der Waals surface area contributed by atoms with E-state index in [1.54, 1.807) is 29.9 Å². The fraction of sp³-hybridized carbons (Fsp3) is 0.667. The molecule has 0 aliphatic carbocycles. The molecule has 0 aliphatic rings. The molecule has 18 heavy (non-hydrogen) atoms. The molecule has 0 heterocycles. The highest BCUT2D eigenvalue weighted by Crippen LogP contribution is 1.80. The SMILES string of the molecule is CCCOC(N)=S.CCOC(C)=O.NC(=S)OI. The van der Waals surface area contributed by atoms with Crippen LogP contribution in [0.2, 0.25) is 0 Å². The Morgan fingerprint density at radius 2 is 1.61 bits per heavy atom. The quantitative estimate of drug-likeness (QED) is 0.413. The average molecular weight is 410 g/mol. The summed E-state index contributed by atoms with van der Waals surface area (Å²) in [5.41, 5.74) is 9.78. The van der Waals surface area contributed by atoms with Crippen LogP contribution in [0.3, 0.4) is 0 Å². The Kier molecular flexibility index (Phi) is 23.9. The van der Waals surface area contributed by atoms with Crippen LogP contribution in [-0.4, -0.2) is 29.5 Å². The number of carbonyl (C=O) groups excluding carboxylic acids is 1. The Bertz CT molecular complexity index is 243. The molecular weight excluding hydrogens is 391 g/mol. The Balaban J connectivity index is -0.000000190. The molecule has 0 aromatic heterocycles. The third-order valence-electron chi connectivity index (χ3n) is 0.872. The maximum Gasteiger partial charge on any atom is 0.302 e. The van der Waals surface area contributed by atoms with Gasteiger partial charge in [0, 0.05) is 6.92 Å². The van der Waals surface area contributed by atoms with Gasteiger partial charge in [-0.3, -0.25) is 4.79 Å². The highest BCUT2D eigenvalue weighted by molar-refractivity contribution is 14.1. The third-order valence-corrected chi connectivity index (χ3v) is 1.85. The van der Waals surface area contributed by atoms with Crippen LogP contribution in [0.25, 0.3) is 0 Å². The van der Waals surface area contributed by atoms with E-state index in [9.17, 15) is 4.79 Å². The first-order chi connectivity index (χ1) is 8.31. The summed E-state index contributed by atoms with van der Waals surface area (Å²) in [5, 5.41) is 0.215. The van der Waals surface area contributed by atoms with Gasteiger partial charge in [-0.1, -0.05) is 6.92 Å². The van der Waals surface area contributed by atoms with Crippen LogP contribution in [0.1, 0.15) is 27.2 Å². The van der Waals surface area contributed by atoms with E-state index in [1.165, 1.54) is 6.92 Å². The first-order valence-corrected chi connectivity index (χ1v) is 6.65. The van der Waals surface area contributed by atoms with Crippen molar-refractivity contribution in [3.05, 3.63) is 0 Å². The molecule has 0 aromatic rings. The van der Waals surface area contributed by atoms with Gasteiger partial charge in [0.05, 0.1) is 13.2 Å². The maximum atomic E-state index is 9.82. The van der Waals surface area contributed by atoms with Gasteiger partial charge in [0.15, 0.2) is 23.0 Å². The molecule has 0 rings (SSSR count). The monoisotopic (exact) mass is 410 g/mol. The number of nitrogens with two attached hydrogens (primary N) is 2. The van der Waals surface area contributed by atoms with Gasteiger partial charge in [0.2, 0.25) is 0 Å². The van der Waals surface area contributed by atoms with Crippen molar-refractivity contribution in [3.63, 3.8) is 0 Å². The van der Waals surface area contributed by atoms with Crippen molar-refractivity contribution < 1.29 is 17.3 Å². The van der Waals surface area contributed by atoms with E-state index in [4.69, 9.17) is 16.2 Å². The van der Waals surface area contributed by atoms with Crippen LogP contribution in [0.5, 0.6) is 0 Å². The summed E-state index contributed by atoms with van der Waals surface area (Å²) in [6.07, 6.45) is 0.956. The van der Waals surface area contributed by atoms with E-state index in [-0.39, 0.29) is 16.3 Å². The summed E-state index contributed by atoms with van der Waals surface area (Å²) >= 11 is 10.3. The van der Waals surface area contributed by atoms with Gasteiger partial charge in [-0.25, -0.2) is 0 Å². The predicted molar refractivity (Wildman–Crippen MR) is 87.2 cm³/mol. The Morgan fingerprint density at radius 3 is 1.67 bits per heavy atom. The largest absolute Gasteiger partial charge is 0.471 e. The van der Waals surface area contributed by atoms with E-state index in [0.717, 1.165) is 6.42 Å². The number of hydrogen-bond acceptors (Lipinski definition) is 6. The zero-order valence-electron chi connectivity index (χ0n) is 10.6. The molecule has 4 N–H and O–H groups in total. The Morgan fingerprint density at radius 1 is 1.17 bits per heavy atom. The van der Waals surface area contributed by atoms with E-state index >= 15 is 0 Å². The molecule has 0 aliphatic heterocycles. The molecule has 0 atom stereocenters. The zero-order valence-corrected chi connectivity index (χ0v) is 14.4.